The summed E-state index contributed by atoms with van der Waals surface area (Å²) < 4.78 is 40.6. The molecular formula is C22H20FN4O6P. The molecule has 0 aliphatic rings. The van der Waals surface area contributed by atoms with Crippen molar-refractivity contribution in [3.63, 3.8) is 0 Å². The second-order valence-corrected chi connectivity index (χ2v) is 8.46. The van der Waals surface area contributed by atoms with Gasteiger partial charge in [-0.3, -0.25) is 14.8 Å². The summed E-state index contributed by atoms with van der Waals surface area (Å²) in [5.74, 6) is 0.184. The first-order chi connectivity index (χ1) is 16.3. The van der Waals surface area contributed by atoms with Crippen LogP contribution in [0.3, 0.4) is 0 Å². The van der Waals surface area contributed by atoms with Crippen LogP contribution in [-0.2, 0) is 28.8 Å². The molecule has 0 radical (unpaired) electrons. The van der Waals surface area contributed by atoms with Gasteiger partial charge in [0.05, 0.1) is 11.9 Å². The molecule has 0 aliphatic heterocycles. The first-order valence-corrected chi connectivity index (χ1v) is 11.5. The summed E-state index contributed by atoms with van der Waals surface area (Å²) >= 11 is 0. The molecule has 3 heterocycles. The minimum Gasteiger partial charge on any atom is -0.756 e. The van der Waals surface area contributed by atoms with Gasteiger partial charge in [0.15, 0.2) is 12.5 Å². The van der Waals surface area contributed by atoms with Gasteiger partial charge < -0.3 is 19.0 Å². The fourth-order valence-electron chi connectivity index (χ4n) is 3.13. The molecule has 176 valence electrons. The Morgan fingerprint density at radius 2 is 1.91 bits per heavy atom. The molecule has 0 aliphatic carbocycles. The first kappa shape index (κ1) is 23.5. The average Bonchev–Trinajstić information content (AvgIpc) is 3.25. The normalized spacial score (nSPS) is 12.9. The van der Waals surface area contributed by atoms with Crippen LogP contribution in [0.15, 0.2) is 71.4 Å². The molecule has 34 heavy (non-hydrogen) atoms. The Bertz CT molecular complexity index is 1330. The zero-order valence-electron chi connectivity index (χ0n) is 17.7. The third-order valence-corrected chi connectivity index (χ3v) is 5.22. The summed E-state index contributed by atoms with van der Waals surface area (Å²) in [7, 11) is -4.89. The second kappa shape index (κ2) is 10.1. The van der Waals surface area contributed by atoms with Crippen LogP contribution in [0.4, 0.5) is 10.2 Å². The van der Waals surface area contributed by atoms with Crippen molar-refractivity contribution in [2.24, 2.45) is 0 Å². The van der Waals surface area contributed by atoms with Crippen LogP contribution < -0.4 is 19.9 Å². The van der Waals surface area contributed by atoms with E-state index in [9.17, 15) is 13.8 Å². The lowest BCUT2D eigenvalue weighted by Gasteiger charge is -2.14. The van der Waals surface area contributed by atoms with E-state index in [1.165, 1.54) is 22.9 Å². The van der Waals surface area contributed by atoms with Crippen molar-refractivity contribution in [3.05, 3.63) is 89.6 Å². The number of halogens is 1. The molecule has 12 heteroatoms. The number of aromatic nitrogens is 3. The number of phosphoric ester groups is 1. The minimum absolute atomic E-state index is 0.177. The molecule has 0 spiro atoms. The predicted molar refractivity (Wildman–Crippen MR) is 115 cm³/mol. The molecule has 3 N–H and O–H groups in total. The maximum absolute atomic E-state index is 13.1. The Morgan fingerprint density at radius 1 is 1.15 bits per heavy atom. The molecule has 3 aromatic heterocycles. The Morgan fingerprint density at radius 3 is 2.65 bits per heavy atom. The molecule has 10 nitrogen and oxygen atoms in total. The van der Waals surface area contributed by atoms with Crippen molar-refractivity contribution in [1.82, 2.24) is 10.1 Å². The molecule has 1 aromatic carbocycles. The van der Waals surface area contributed by atoms with Crippen molar-refractivity contribution < 1.29 is 37.1 Å². The SMILES string of the molecule is Nc1c(-c2cc(Cc3ccc(COc4cccc(F)n4)cc3)no2)ccc[n+]1COP(=O)([O-])O. The first-order valence-electron chi connectivity index (χ1n) is 10.0. The largest absolute Gasteiger partial charge is 0.756 e. The van der Waals surface area contributed by atoms with Crippen molar-refractivity contribution in [2.75, 3.05) is 5.73 Å². The number of pyridine rings is 2. The number of benzene rings is 1. The van der Waals surface area contributed by atoms with Crippen LogP contribution in [0.2, 0.25) is 0 Å². The smallest absolute Gasteiger partial charge is 0.285 e. The average molecular weight is 486 g/mol. The van der Waals surface area contributed by atoms with E-state index in [0.717, 1.165) is 11.1 Å². The summed E-state index contributed by atoms with van der Waals surface area (Å²) in [6.07, 6.45) is 2.00. The molecule has 0 saturated carbocycles. The van der Waals surface area contributed by atoms with Gasteiger partial charge in [0.2, 0.25) is 11.8 Å². The number of anilines is 1. The summed E-state index contributed by atoms with van der Waals surface area (Å²) in [5.41, 5.74) is 9.11. The van der Waals surface area contributed by atoms with Gasteiger partial charge in [0.25, 0.3) is 13.6 Å². The van der Waals surface area contributed by atoms with Gasteiger partial charge in [0, 0.05) is 18.6 Å². The van der Waals surface area contributed by atoms with Gasteiger partial charge >= 0.3 is 0 Å². The number of rotatable bonds is 9. The van der Waals surface area contributed by atoms with Crippen molar-refractivity contribution in [2.45, 2.75) is 19.8 Å². The third-order valence-electron chi connectivity index (χ3n) is 4.78. The van der Waals surface area contributed by atoms with Crippen molar-refractivity contribution in [1.29, 1.82) is 0 Å². The zero-order chi connectivity index (χ0) is 24.1. The van der Waals surface area contributed by atoms with E-state index >= 15 is 0 Å². The maximum Gasteiger partial charge on any atom is 0.285 e. The van der Waals surface area contributed by atoms with Gasteiger partial charge in [-0.05, 0) is 29.3 Å². The lowest BCUT2D eigenvalue weighted by molar-refractivity contribution is -0.712. The Balaban J connectivity index is 1.40. The molecular weight excluding hydrogens is 466 g/mol. The van der Waals surface area contributed by atoms with Gasteiger partial charge in [-0.2, -0.15) is 9.37 Å². The van der Waals surface area contributed by atoms with Crippen LogP contribution in [0.5, 0.6) is 5.88 Å². The fraction of sp³-hybridized carbons (Fsp3) is 0.136. The topological polar surface area (TPSA) is 148 Å². The van der Waals surface area contributed by atoms with Crippen molar-refractivity contribution >= 4 is 13.6 Å². The summed E-state index contributed by atoms with van der Waals surface area (Å²) in [6.45, 7) is -0.233. The van der Waals surface area contributed by atoms with E-state index in [2.05, 4.69) is 14.7 Å². The maximum atomic E-state index is 13.1. The number of hydrogen-bond acceptors (Lipinski definition) is 8. The van der Waals surface area contributed by atoms with E-state index in [4.69, 9.17) is 19.9 Å². The number of phosphoric acid groups is 1. The van der Waals surface area contributed by atoms with Gasteiger partial charge in [-0.25, -0.2) is 4.57 Å². The Kier molecular flexibility index (Phi) is 6.99. The molecule has 4 aromatic rings. The highest BCUT2D eigenvalue weighted by atomic mass is 31.2. The van der Waals surface area contributed by atoms with Crippen LogP contribution in [-0.4, -0.2) is 15.0 Å². The fourth-order valence-corrected chi connectivity index (χ4v) is 3.40. The standard InChI is InChI=1S/C22H20FN4O6P/c23-20-4-1-5-21(25-20)31-13-16-8-6-15(7-9-16)11-17-12-19(33-26-17)18-3-2-10-27(22(18)24)14-32-34(28,29)30/h1-10,12,24H,11,13-14H2,(H2,28,29,30). The van der Waals surface area contributed by atoms with E-state index in [-0.39, 0.29) is 18.3 Å². The van der Waals surface area contributed by atoms with E-state index in [1.807, 2.05) is 24.3 Å². The molecule has 0 fully saturated rings. The monoisotopic (exact) mass is 486 g/mol. The number of ether oxygens (including phenoxy) is 1. The Labute approximate surface area is 193 Å². The highest BCUT2D eigenvalue weighted by molar-refractivity contribution is 7.44. The van der Waals surface area contributed by atoms with Gasteiger partial charge in [-0.15, -0.1) is 0 Å². The number of nitrogens with two attached hydrogens (primary N) is 1. The highest BCUT2D eigenvalue weighted by Crippen LogP contribution is 2.30. The minimum atomic E-state index is -4.89. The summed E-state index contributed by atoms with van der Waals surface area (Å²) in [5, 5.41) is 4.08. The summed E-state index contributed by atoms with van der Waals surface area (Å²) in [6, 6.07) is 17.0. The molecule has 0 saturated heterocycles. The molecule has 4 rings (SSSR count). The van der Waals surface area contributed by atoms with Crippen molar-refractivity contribution in [3.8, 4) is 17.2 Å². The molecule has 1 unspecified atom stereocenters. The third kappa shape index (κ3) is 6.24. The van der Waals surface area contributed by atoms with Crippen LogP contribution in [0.25, 0.3) is 11.3 Å². The van der Waals surface area contributed by atoms with Crippen LogP contribution >= 0.6 is 7.82 Å². The van der Waals surface area contributed by atoms with E-state index in [0.29, 0.717) is 23.4 Å². The second-order valence-electron chi connectivity index (χ2n) is 7.27. The summed E-state index contributed by atoms with van der Waals surface area (Å²) in [4.78, 5) is 23.3. The molecule has 1 atom stereocenters. The number of nitrogens with zero attached hydrogens (tertiary/aromatic N) is 3. The lowest BCUT2D eigenvalue weighted by atomic mass is 10.1. The lowest BCUT2D eigenvalue weighted by Crippen LogP contribution is -2.38. The van der Waals surface area contributed by atoms with E-state index < -0.39 is 20.5 Å². The predicted octanol–water partition coefficient (Wildman–Crippen LogP) is 2.35. The van der Waals surface area contributed by atoms with Crippen LogP contribution in [0.1, 0.15) is 16.8 Å². The molecule has 0 amide bonds. The van der Waals surface area contributed by atoms with Gasteiger partial charge in [0.1, 0.15) is 12.2 Å². The zero-order valence-corrected chi connectivity index (χ0v) is 18.6. The van der Waals surface area contributed by atoms with E-state index in [1.54, 1.807) is 24.3 Å². The van der Waals surface area contributed by atoms with Gasteiger partial charge in [-0.1, -0.05) is 35.5 Å². The quantitative estimate of drug-likeness (QED) is 0.207. The highest BCUT2D eigenvalue weighted by Gasteiger charge is 2.18. The molecule has 0 bridgehead atoms. The number of nitrogen functional groups attached to an aromatic ring is 1. The number of hydrogen-bond donors (Lipinski definition) is 2. The van der Waals surface area contributed by atoms with Crippen LogP contribution in [0, 0.1) is 5.95 Å². The Hall–Kier alpha value is -3.63.